The fourth-order valence-corrected chi connectivity index (χ4v) is 5.68. The molecule has 0 saturated heterocycles. The van der Waals surface area contributed by atoms with Gasteiger partial charge in [0.2, 0.25) is 5.95 Å². The Bertz CT molecular complexity index is 1570. The third kappa shape index (κ3) is 5.55. The summed E-state index contributed by atoms with van der Waals surface area (Å²) in [5.41, 5.74) is 14.1. The van der Waals surface area contributed by atoms with Crippen LogP contribution < -0.4 is 22.3 Å². The number of nitrogens with two attached hydrogens (primary N) is 2. The topological polar surface area (TPSA) is 149 Å². The molecule has 0 bridgehead atoms. The average molecular weight is 523 g/mol. The van der Waals surface area contributed by atoms with Gasteiger partial charge in [-0.05, 0) is 49.4 Å². The van der Waals surface area contributed by atoms with E-state index in [0.717, 1.165) is 24.3 Å². The third-order valence-corrected chi connectivity index (χ3v) is 7.61. The van der Waals surface area contributed by atoms with Crippen LogP contribution in [0.3, 0.4) is 0 Å². The van der Waals surface area contributed by atoms with Crippen LogP contribution in [0.4, 0.5) is 17.6 Å². The van der Waals surface area contributed by atoms with Crippen LogP contribution in [0.15, 0.2) is 53.3 Å². The molecule has 2 aromatic heterocycles. The lowest BCUT2D eigenvalue weighted by molar-refractivity contribution is 0.332. The first-order chi connectivity index (χ1) is 19.0. The molecule has 200 valence electrons. The number of nitriles is 1. The Morgan fingerprint density at radius 1 is 1.05 bits per heavy atom. The zero-order chi connectivity index (χ0) is 27.4. The monoisotopic (exact) mass is 522 g/mol. The Kier molecular flexibility index (Phi) is 7.73. The first-order valence-electron chi connectivity index (χ1n) is 13.7. The largest absolute Gasteiger partial charge is 0.382 e. The van der Waals surface area contributed by atoms with Crippen LogP contribution in [-0.2, 0) is 6.42 Å². The Morgan fingerprint density at radius 3 is 2.56 bits per heavy atom. The van der Waals surface area contributed by atoms with E-state index in [0.29, 0.717) is 22.4 Å². The number of anilines is 3. The van der Waals surface area contributed by atoms with Crippen molar-refractivity contribution in [2.45, 2.75) is 64.3 Å². The van der Waals surface area contributed by atoms with Crippen molar-refractivity contribution in [3.05, 3.63) is 75.8 Å². The maximum absolute atomic E-state index is 14.2. The predicted molar refractivity (Wildman–Crippen MR) is 154 cm³/mol. The Balaban J connectivity index is 1.56. The number of fused-ring (bicyclic) bond motifs is 1. The summed E-state index contributed by atoms with van der Waals surface area (Å²) in [5, 5.41) is 13.5. The summed E-state index contributed by atoms with van der Waals surface area (Å²) in [6.45, 7) is 1.86. The van der Waals surface area contributed by atoms with Gasteiger partial charge in [-0.2, -0.15) is 15.2 Å². The number of hydrogen-bond donors (Lipinski definition) is 3. The lowest BCUT2D eigenvalue weighted by Crippen LogP contribution is -2.28. The van der Waals surface area contributed by atoms with Crippen molar-refractivity contribution >= 4 is 28.5 Å². The molecule has 1 saturated carbocycles. The molecule has 39 heavy (non-hydrogen) atoms. The molecule has 9 heteroatoms. The summed E-state index contributed by atoms with van der Waals surface area (Å²) in [7, 11) is 0. The Hall–Kier alpha value is -4.45. The van der Waals surface area contributed by atoms with Gasteiger partial charge in [0.15, 0.2) is 5.82 Å². The summed E-state index contributed by atoms with van der Waals surface area (Å²) in [4.78, 5) is 27.2. The van der Waals surface area contributed by atoms with E-state index < -0.39 is 6.04 Å². The fourth-order valence-electron chi connectivity index (χ4n) is 5.68. The first-order valence-corrected chi connectivity index (χ1v) is 13.7. The van der Waals surface area contributed by atoms with E-state index in [2.05, 4.69) is 21.4 Å². The number of rotatable bonds is 8. The molecule has 0 radical (unpaired) electrons. The van der Waals surface area contributed by atoms with Crippen molar-refractivity contribution < 1.29 is 0 Å². The SMILES string of the molecule is CC(Nc1nc(N)nc(N)c1C#N)c1nc2cccc(CCCC3CCCCC3)c2c(=O)n1-c1ccccc1. The highest BCUT2D eigenvalue weighted by molar-refractivity contribution is 5.82. The Labute approximate surface area is 227 Å². The van der Waals surface area contributed by atoms with Gasteiger partial charge in [0.25, 0.3) is 5.56 Å². The second-order valence-corrected chi connectivity index (χ2v) is 10.3. The van der Waals surface area contributed by atoms with Gasteiger partial charge in [-0.1, -0.05) is 68.9 Å². The third-order valence-electron chi connectivity index (χ3n) is 7.61. The molecule has 5 N–H and O–H groups in total. The van der Waals surface area contributed by atoms with E-state index in [9.17, 15) is 10.1 Å². The number of para-hydroxylation sites is 1. The number of nitrogens with zero attached hydrogens (tertiary/aromatic N) is 5. The number of hydrogen-bond acceptors (Lipinski definition) is 8. The second kappa shape index (κ2) is 11.5. The summed E-state index contributed by atoms with van der Waals surface area (Å²) in [6, 6.07) is 16.9. The van der Waals surface area contributed by atoms with Crippen LogP contribution in [0.25, 0.3) is 16.6 Å². The highest BCUT2D eigenvalue weighted by atomic mass is 16.1. The minimum Gasteiger partial charge on any atom is -0.382 e. The fraction of sp³-hybridized carbons (Fsp3) is 0.367. The molecule has 9 nitrogen and oxygen atoms in total. The minimum absolute atomic E-state index is 0.00973. The van der Waals surface area contributed by atoms with E-state index >= 15 is 0 Å². The molecule has 1 unspecified atom stereocenters. The minimum atomic E-state index is -0.516. The van der Waals surface area contributed by atoms with Gasteiger partial charge >= 0.3 is 0 Å². The van der Waals surface area contributed by atoms with Gasteiger partial charge in [-0.3, -0.25) is 9.36 Å². The van der Waals surface area contributed by atoms with Gasteiger partial charge in [0, 0.05) is 0 Å². The number of aryl methyl sites for hydroxylation is 1. The van der Waals surface area contributed by atoms with Crippen molar-refractivity contribution in [3.63, 3.8) is 0 Å². The highest BCUT2D eigenvalue weighted by Gasteiger charge is 2.22. The number of benzene rings is 2. The average Bonchev–Trinajstić information content (AvgIpc) is 2.94. The normalized spacial score (nSPS) is 14.7. The maximum Gasteiger partial charge on any atom is 0.266 e. The van der Waals surface area contributed by atoms with Crippen LogP contribution >= 0.6 is 0 Å². The van der Waals surface area contributed by atoms with Crippen molar-refractivity contribution in [1.82, 2.24) is 19.5 Å². The zero-order valence-electron chi connectivity index (χ0n) is 22.2. The smallest absolute Gasteiger partial charge is 0.266 e. The van der Waals surface area contributed by atoms with Crippen LogP contribution in [0, 0.1) is 17.2 Å². The van der Waals surface area contributed by atoms with E-state index in [-0.39, 0.29) is 28.7 Å². The quantitative estimate of drug-likeness (QED) is 0.283. The zero-order valence-corrected chi connectivity index (χ0v) is 22.2. The van der Waals surface area contributed by atoms with E-state index in [1.165, 1.54) is 38.5 Å². The molecular formula is C30H34N8O. The van der Waals surface area contributed by atoms with Crippen LogP contribution in [0.1, 0.15) is 74.9 Å². The number of nitrogens with one attached hydrogen (secondary N) is 1. The van der Waals surface area contributed by atoms with Crippen molar-refractivity contribution in [1.29, 1.82) is 5.26 Å². The lowest BCUT2D eigenvalue weighted by Gasteiger charge is -2.22. The van der Waals surface area contributed by atoms with E-state index in [1.807, 2.05) is 55.5 Å². The van der Waals surface area contributed by atoms with E-state index in [4.69, 9.17) is 16.5 Å². The molecule has 1 aliphatic carbocycles. The van der Waals surface area contributed by atoms with Gasteiger partial charge < -0.3 is 16.8 Å². The molecular weight excluding hydrogens is 488 g/mol. The van der Waals surface area contributed by atoms with Crippen molar-refractivity contribution in [2.24, 2.45) is 5.92 Å². The molecule has 1 atom stereocenters. The summed E-state index contributed by atoms with van der Waals surface area (Å²) in [5.74, 6) is 1.42. The van der Waals surface area contributed by atoms with Gasteiger partial charge in [-0.15, -0.1) is 0 Å². The molecule has 2 heterocycles. The van der Waals surface area contributed by atoms with Gasteiger partial charge in [0.05, 0.1) is 22.6 Å². The van der Waals surface area contributed by atoms with Crippen LogP contribution in [0.2, 0.25) is 0 Å². The molecule has 5 rings (SSSR count). The lowest BCUT2D eigenvalue weighted by atomic mass is 9.85. The maximum atomic E-state index is 14.2. The highest BCUT2D eigenvalue weighted by Crippen LogP contribution is 2.29. The molecule has 0 spiro atoms. The number of nitrogen functional groups attached to an aromatic ring is 2. The molecule has 0 amide bonds. The van der Waals surface area contributed by atoms with Gasteiger partial charge in [-0.25, -0.2) is 4.98 Å². The van der Waals surface area contributed by atoms with Crippen LogP contribution in [0.5, 0.6) is 0 Å². The molecule has 2 aromatic carbocycles. The summed E-state index contributed by atoms with van der Waals surface area (Å²) in [6.07, 6.45) is 9.78. The van der Waals surface area contributed by atoms with E-state index in [1.54, 1.807) is 4.57 Å². The van der Waals surface area contributed by atoms with Crippen molar-refractivity contribution in [2.75, 3.05) is 16.8 Å². The number of aromatic nitrogens is 4. The summed E-state index contributed by atoms with van der Waals surface area (Å²) >= 11 is 0. The standard InChI is InChI=1S/C30H34N8O/c1-19(34-27-23(18-31)26(32)36-30(33)37-27)28-35-24-17-9-14-21(13-8-12-20-10-4-2-5-11-20)25(24)29(39)38(28)22-15-6-3-7-16-22/h3,6-7,9,14-17,19-20H,2,4-5,8,10-13H2,1H3,(H5,32,33,34,36,37). The molecule has 4 aromatic rings. The molecule has 0 aliphatic heterocycles. The molecule has 1 fully saturated rings. The van der Waals surface area contributed by atoms with Crippen molar-refractivity contribution in [3.8, 4) is 11.8 Å². The van der Waals surface area contributed by atoms with Crippen LogP contribution in [-0.4, -0.2) is 19.5 Å². The first kappa shape index (κ1) is 26.2. The van der Waals surface area contributed by atoms with Gasteiger partial charge in [0.1, 0.15) is 23.3 Å². The summed E-state index contributed by atoms with van der Waals surface area (Å²) < 4.78 is 1.64. The Morgan fingerprint density at radius 2 is 1.82 bits per heavy atom. The second-order valence-electron chi connectivity index (χ2n) is 10.3. The molecule has 1 aliphatic rings. The predicted octanol–water partition coefficient (Wildman–Crippen LogP) is 5.29.